The third-order valence-electron chi connectivity index (χ3n) is 2.01. The molecule has 0 aliphatic carbocycles. The third-order valence-corrected chi connectivity index (χ3v) is 2.01. The van der Waals surface area contributed by atoms with Crippen molar-refractivity contribution in [2.24, 2.45) is 5.73 Å². The standard InChI is InChI=1S/C11H17N.C2H6/c12-10-6-2-5-9-11-7-3-1-4-8-11;1-2/h1,3-4,7-8H,2,5-6,9-10,12H2;1-2H3. The topological polar surface area (TPSA) is 26.0 Å². The number of rotatable bonds is 5. The minimum atomic E-state index is 0.828. The lowest BCUT2D eigenvalue weighted by molar-refractivity contribution is 0.686. The van der Waals surface area contributed by atoms with Crippen LogP contribution >= 0.6 is 0 Å². The minimum absolute atomic E-state index is 0.828. The summed E-state index contributed by atoms with van der Waals surface area (Å²) in [6, 6.07) is 10.6. The molecule has 0 spiro atoms. The molecule has 0 saturated carbocycles. The fraction of sp³-hybridized carbons (Fsp3) is 0.538. The van der Waals surface area contributed by atoms with E-state index in [1.165, 1.54) is 24.8 Å². The van der Waals surface area contributed by atoms with E-state index in [1.54, 1.807) is 0 Å². The molecule has 80 valence electrons. The maximum absolute atomic E-state index is 5.41. The van der Waals surface area contributed by atoms with Gasteiger partial charge in [-0.2, -0.15) is 0 Å². The van der Waals surface area contributed by atoms with E-state index in [9.17, 15) is 0 Å². The molecule has 2 N–H and O–H groups in total. The van der Waals surface area contributed by atoms with Gasteiger partial charge in [-0.3, -0.25) is 0 Å². The Labute approximate surface area is 88.3 Å². The summed E-state index contributed by atoms with van der Waals surface area (Å²) in [5, 5.41) is 0. The van der Waals surface area contributed by atoms with Crippen LogP contribution in [0.2, 0.25) is 0 Å². The molecular weight excluding hydrogens is 170 g/mol. The van der Waals surface area contributed by atoms with Crippen LogP contribution in [0.1, 0.15) is 38.7 Å². The second kappa shape index (κ2) is 10.3. The van der Waals surface area contributed by atoms with E-state index in [0.717, 1.165) is 13.0 Å². The molecule has 0 saturated heterocycles. The largest absolute Gasteiger partial charge is 0.330 e. The van der Waals surface area contributed by atoms with E-state index in [4.69, 9.17) is 5.73 Å². The zero-order chi connectivity index (χ0) is 10.6. The second-order valence-corrected chi connectivity index (χ2v) is 3.08. The molecule has 1 nitrogen and oxygen atoms in total. The molecule has 1 aromatic carbocycles. The molecular formula is C13H23N. The van der Waals surface area contributed by atoms with Gasteiger partial charge < -0.3 is 5.73 Å². The SMILES string of the molecule is CC.NCCCCCc1ccccc1. The van der Waals surface area contributed by atoms with Crippen LogP contribution in [-0.2, 0) is 6.42 Å². The molecule has 0 fully saturated rings. The first kappa shape index (κ1) is 13.2. The van der Waals surface area contributed by atoms with Crippen LogP contribution < -0.4 is 5.73 Å². The Kier molecular flexibility index (Phi) is 9.66. The first-order valence-electron chi connectivity index (χ1n) is 5.67. The van der Waals surface area contributed by atoms with Gasteiger partial charge in [-0.15, -0.1) is 0 Å². The molecule has 1 heteroatoms. The highest BCUT2D eigenvalue weighted by Gasteiger charge is 1.90. The number of hydrogen-bond donors (Lipinski definition) is 1. The van der Waals surface area contributed by atoms with E-state index in [0.29, 0.717) is 0 Å². The molecule has 0 radical (unpaired) electrons. The molecule has 0 unspecified atom stereocenters. The van der Waals surface area contributed by atoms with Crippen LogP contribution in [0.4, 0.5) is 0 Å². The van der Waals surface area contributed by atoms with Gasteiger partial charge in [0.2, 0.25) is 0 Å². The fourth-order valence-electron chi connectivity index (χ4n) is 1.29. The summed E-state index contributed by atoms with van der Waals surface area (Å²) >= 11 is 0. The highest BCUT2D eigenvalue weighted by atomic mass is 14.5. The van der Waals surface area contributed by atoms with E-state index in [1.807, 2.05) is 13.8 Å². The lowest BCUT2D eigenvalue weighted by atomic mass is 10.1. The monoisotopic (exact) mass is 193 g/mol. The van der Waals surface area contributed by atoms with Crippen molar-refractivity contribution in [1.29, 1.82) is 0 Å². The van der Waals surface area contributed by atoms with Crippen LogP contribution in [0, 0.1) is 0 Å². The summed E-state index contributed by atoms with van der Waals surface area (Å²) in [6.45, 7) is 4.83. The molecule has 0 heterocycles. The molecule has 0 aliphatic rings. The Morgan fingerprint density at radius 2 is 1.57 bits per heavy atom. The first-order chi connectivity index (χ1) is 6.93. The van der Waals surface area contributed by atoms with Gasteiger partial charge in [0, 0.05) is 0 Å². The van der Waals surface area contributed by atoms with Gasteiger partial charge in [0.25, 0.3) is 0 Å². The van der Waals surface area contributed by atoms with E-state index in [-0.39, 0.29) is 0 Å². The Morgan fingerprint density at radius 3 is 2.14 bits per heavy atom. The molecule has 0 bridgehead atoms. The Hall–Kier alpha value is -0.820. The predicted octanol–water partition coefficient (Wildman–Crippen LogP) is 3.38. The lowest BCUT2D eigenvalue weighted by Gasteiger charge is -1.99. The van der Waals surface area contributed by atoms with Gasteiger partial charge in [0.15, 0.2) is 0 Å². The maximum atomic E-state index is 5.41. The van der Waals surface area contributed by atoms with Gasteiger partial charge >= 0.3 is 0 Å². The van der Waals surface area contributed by atoms with Gasteiger partial charge in [0.1, 0.15) is 0 Å². The maximum Gasteiger partial charge on any atom is -0.00773 e. The van der Waals surface area contributed by atoms with Crippen LogP contribution in [-0.4, -0.2) is 6.54 Å². The molecule has 0 amide bonds. The first-order valence-corrected chi connectivity index (χ1v) is 5.67. The van der Waals surface area contributed by atoms with Crippen molar-refractivity contribution >= 4 is 0 Å². The molecule has 0 aromatic heterocycles. The van der Waals surface area contributed by atoms with Crippen molar-refractivity contribution in [3.05, 3.63) is 35.9 Å². The summed E-state index contributed by atoms with van der Waals surface area (Å²) in [4.78, 5) is 0. The average Bonchev–Trinajstić information content (AvgIpc) is 2.29. The lowest BCUT2D eigenvalue weighted by Crippen LogP contribution is -1.98. The van der Waals surface area contributed by atoms with Gasteiger partial charge in [-0.1, -0.05) is 50.6 Å². The van der Waals surface area contributed by atoms with E-state index < -0.39 is 0 Å². The number of unbranched alkanes of at least 4 members (excludes halogenated alkanes) is 2. The highest BCUT2D eigenvalue weighted by Crippen LogP contribution is 2.05. The second-order valence-electron chi connectivity index (χ2n) is 3.08. The fourth-order valence-corrected chi connectivity index (χ4v) is 1.29. The van der Waals surface area contributed by atoms with Crippen molar-refractivity contribution in [1.82, 2.24) is 0 Å². The number of nitrogens with two attached hydrogens (primary N) is 1. The van der Waals surface area contributed by atoms with Crippen molar-refractivity contribution in [3.8, 4) is 0 Å². The Bertz CT molecular complexity index is 194. The Morgan fingerprint density at radius 1 is 0.929 bits per heavy atom. The van der Waals surface area contributed by atoms with Crippen molar-refractivity contribution in [3.63, 3.8) is 0 Å². The van der Waals surface area contributed by atoms with Gasteiger partial charge in [-0.25, -0.2) is 0 Å². The quantitative estimate of drug-likeness (QED) is 0.713. The molecule has 1 aromatic rings. The summed E-state index contributed by atoms with van der Waals surface area (Å²) in [5.74, 6) is 0. The summed E-state index contributed by atoms with van der Waals surface area (Å²) < 4.78 is 0. The summed E-state index contributed by atoms with van der Waals surface area (Å²) in [5.41, 5.74) is 6.85. The zero-order valence-corrected chi connectivity index (χ0v) is 9.50. The van der Waals surface area contributed by atoms with Crippen LogP contribution in [0.5, 0.6) is 0 Å². The third kappa shape index (κ3) is 6.67. The number of hydrogen-bond acceptors (Lipinski definition) is 1. The van der Waals surface area contributed by atoms with Crippen LogP contribution in [0.15, 0.2) is 30.3 Å². The zero-order valence-electron chi connectivity index (χ0n) is 9.50. The smallest absolute Gasteiger partial charge is 0.00773 e. The average molecular weight is 193 g/mol. The number of aryl methyl sites for hydroxylation is 1. The minimum Gasteiger partial charge on any atom is -0.330 e. The van der Waals surface area contributed by atoms with Crippen molar-refractivity contribution in [2.75, 3.05) is 6.54 Å². The normalized spacial score (nSPS) is 9.07. The molecule has 1 rings (SSSR count). The highest BCUT2D eigenvalue weighted by molar-refractivity contribution is 5.14. The van der Waals surface area contributed by atoms with Crippen LogP contribution in [0.25, 0.3) is 0 Å². The summed E-state index contributed by atoms with van der Waals surface area (Å²) in [7, 11) is 0. The van der Waals surface area contributed by atoms with E-state index >= 15 is 0 Å². The van der Waals surface area contributed by atoms with Crippen LogP contribution in [0.3, 0.4) is 0 Å². The van der Waals surface area contributed by atoms with Gasteiger partial charge in [-0.05, 0) is 31.4 Å². The molecule has 14 heavy (non-hydrogen) atoms. The van der Waals surface area contributed by atoms with Crippen molar-refractivity contribution < 1.29 is 0 Å². The summed E-state index contributed by atoms with van der Waals surface area (Å²) in [6.07, 6.45) is 4.88. The van der Waals surface area contributed by atoms with Crippen molar-refractivity contribution in [2.45, 2.75) is 39.5 Å². The van der Waals surface area contributed by atoms with E-state index in [2.05, 4.69) is 30.3 Å². The van der Waals surface area contributed by atoms with Gasteiger partial charge in [0.05, 0.1) is 0 Å². The predicted molar refractivity (Wildman–Crippen MR) is 64.4 cm³/mol. The number of benzene rings is 1. The molecule has 0 atom stereocenters. The Balaban J connectivity index is 0.000000791. The molecule has 0 aliphatic heterocycles.